The summed E-state index contributed by atoms with van der Waals surface area (Å²) in [6.07, 6.45) is 0. The second-order valence-electron chi connectivity index (χ2n) is 5.35. The number of nitrogens with one attached hydrogen (secondary N) is 1. The third-order valence-corrected chi connectivity index (χ3v) is 3.75. The Morgan fingerprint density at radius 1 is 0.913 bits per heavy atom. The smallest absolute Gasteiger partial charge is 0.200 e. The molecule has 0 aliphatic carbocycles. The molecule has 0 unspecified atom stereocenters. The van der Waals surface area contributed by atoms with E-state index in [1.165, 1.54) is 0 Å². The molecule has 23 heavy (non-hydrogen) atoms. The number of H-pyrrole nitrogens is 1. The first-order valence-electron chi connectivity index (χ1n) is 7.30. The lowest BCUT2D eigenvalue weighted by molar-refractivity contribution is 0.477. The van der Waals surface area contributed by atoms with Crippen LogP contribution in [0.3, 0.4) is 0 Å². The van der Waals surface area contributed by atoms with Crippen molar-refractivity contribution < 1.29 is 5.11 Å². The fraction of sp³-hybridized carbons (Fsp3) is 0.0556. The van der Waals surface area contributed by atoms with Crippen LogP contribution in [0.4, 0.5) is 0 Å². The van der Waals surface area contributed by atoms with Crippen molar-refractivity contribution in [2.45, 2.75) is 6.92 Å². The van der Waals surface area contributed by atoms with Crippen molar-refractivity contribution >= 4 is 10.8 Å². The highest BCUT2D eigenvalue weighted by Gasteiger charge is 2.15. The maximum atomic E-state index is 10.3. The number of phenols is 1. The van der Waals surface area contributed by atoms with Crippen LogP contribution in [0.1, 0.15) is 5.69 Å². The maximum absolute atomic E-state index is 10.3. The molecule has 0 bridgehead atoms. The first kappa shape index (κ1) is 13.5. The summed E-state index contributed by atoms with van der Waals surface area (Å²) >= 11 is 0. The quantitative estimate of drug-likeness (QED) is 0.592. The van der Waals surface area contributed by atoms with Gasteiger partial charge in [0.05, 0.1) is 5.56 Å². The number of aryl methyl sites for hydroxylation is 1. The second kappa shape index (κ2) is 5.21. The van der Waals surface area contributed by atoms with E-state index in [0.717, 1.165) is 16.5 Å². The number of rotatable bonds is 2. The van der Waals surface area contributed by atoms with E-state index in [-0.39, 0.29) is 5.75 Å². The van der Waals surface area contributed by atoms with Crippen LogP contribution in [0.15, 0.2) is 54.6 Å². The summed E-state index contributed by atoms with van der Waals surface area (Å²) in [6.45, 7) is 1.92. The standard InChI is InChI=1S/C18H14N4O/c1-11-5-4-8-14(19-11)17-20-18(22-21-17)16-13-7-3-2-6-12(13)9-10-15(16)23/h2-10,23H,1H3,(H,20,21,22). The average molecular weight is 302 g/mol. The first-order chi connectivity index (χ1) is 11.2. The molecule has 0 saturated heterocycles. The van der Waals surface area contributed by atoms with Crippen LogP contribution in [-0.4, -0.2) is 25.3 Å². The van der Waals surface area contributed by atoms with Gasteiger partial charge in [0.25, 0.3) is 0 Å². The van der Waals surface area contributed by atoms with Crippen LogP contribution in [0.2, 0.25) is 0 Å². The van der Waals surface area contributed by atoms with Crippen molar-refractivity contribution in [2.24, 2.45) is 0 Å². The molecule has 0 spiro atoms. The summed E-state index contributed by atoms with van der Waals surface area (Å²) in [5, 5.41) is 19.4. The Morgan fingerprint density at radius 2 is 1.78 bits per heavy atom. The number of hydrogen-bond acceptors (Lipinski definition) is 4. The molecule has 5 heteroatoms. The van der Waals surface area contributed by atoms with Crippen molar-refractivity contribution in [3.8, 4) is 28.7 Å². The highest BCUT2D eigenvalue weighted by atomic mass is 16.3. The Labute approximate surface area is 132 Å². The number of pyridine rings is 1. The fourth-order valence-electron chi connectivity index (χ4n) is 2.66. The molecular formula is C18H14N4O. The maximum Gasteiger partial charge on any atom is 0.200 e. The topological polar surface area (TPSA) is 74.7 Å². The third-order valence-electron chi connectivity index (χ3n) is 3.75. The number of hydrogen-bond donors (Lipinski definition) is 2. The monoisotopic (exact) mass is 302 g/mol. The molecule has 5 nitrogen and oxygen atoms in total. The predicted octanol–water partition coefficient (Wildman–Crippen LogP) is 3.70. The minimum atomic E-state index is 0.170. The van der Waals surface area contributed by atoms with Crippen LogP contribution in [0.25, 0.3) is 33.7 Å². The Balaban J connectivity index is 1.88. The molecule has 0 fully saturated rings. The van der Waals surface area contributed by atoms with E-state index >= 15 is 0 Å². The molecule has 0 saturated carbocycles. The van der Waals surface area contributed by atoms with Gasteiger partial charge in [0.15, 0.2) is 11.6 Å². The molecule has 2 heterocycles. The van der Waals surface area contributed by atoms with Crippen molar-refractivity contribution in [1.29, 1.82) is 0 Å². The van der Waals surface area contributed by atoms with Gasteiger partial charge in [0, 0.05) is 5.69 Å². The van der Waals surface area contributed by atoms with E-state index < -0.39 is 0 Å². The van der Waals surface area contributed by atoms with Crippen molar-refractivity contribution in [3.63, 3.8) is 0 Å². The Bertz CT molecular complexity index is 1010. The number of aromatic amines is 1. The lowest BCUT2D eigenvalue weighted by Crippen LogP contribution is -1.88. The van der Waals surface area contributed by atoms with Gasteiger partial charge in [-0.15, -0.1) is 0 Å². The van der Waals surface area contributed by atoms with Crippen LogP contribution >= 0.6 is 0 Å². The summed E-state index contributed by atoms with van der Waals surface area (Å²) in [6, 6.07) is 17.1. The molecule has 112 valence electrons. The highest BCUT2D eigenvalue weighted by molar-refractivity contribution is 5.98. The molecular weight excluding hydrogens is 288 g/mol. The van der Waals surface area contributed by atoms with E-state index in [1.807, 2.05) is 55.5 Å². The van der Waals surface area contributed by atoms with Gasteiger partial charge in [0.2, 0.25) is 0 Å². The van der Waals surface area contributed by atoms with E-state index in [2.05, 4.69) is 20.2 Å². The zero-order valence-electron chi connectivity index (χ0n) is 12.5. The molecule has 4 aromatic rings. The van der Waals surface area contributed by atoms with Gasteiger partial charge in [-0.25, -0.2) is 9.97 Å². The van der Waals surface area contributed by atoms with Gasteiger partial charge < -0.3 is 5.11 Å². The predicted molar refractivity (Wildman–Crippen MR) is 89.0 cm³/mol. The number of fused-ring (bicyclic) bond motifs is 1. The lowest BCUT2D eigenvalue weighted by Gasteiger charge is -2.06. The van der Waals surface area contributed by atoms with E-state index in [0.29, 0.717) is 22.9 Å². The van der Waals surface area contributed by atoms with Gasteiger partial charge in [-0.3, -0.25) is 5.10 Å². The minimum Gasteiger partial charge on any atom is -0.507 e. The van der Waals surface area contributed by atoms with Crippen molar-refractivity contribution in [1.82, 2.24) is 20.2 Å². The van der Waals surface area contributed by atoms with Gasteiger partial charge >= 0.3 is 0 Å². The largest absolute Gasteiger partial charge is 0.507 e. The van der Waals surface area contributed by atoms with E-state index in [4.69, 9.17) is 0 Å². The SMILES string of the molecule is Cc1cccc(-c2n[nH]c(-c3c(O)ccc4ccccc34)n2)n1. The van der Waals surface area contributed by atoms with Crippen LogP contribution < -0.4 is 0 Å². The van der Waals surface area contributed by atoms with E-state index in [1.54, 1.807) is 6.07 Å². The minimum absolute atomic E-state index is 0.170. The summed E-state index contributed by atoms with van der Waals surface area (Å²) < 4.78 is 0. The molecule has 2 aromatic heterocycles. The highest BCUT2D eigenvalue weighted by Crippen LogP contribution is 2.34. The Hall–Kier alpha value is -3.21. The molecule has 0 aliphatic rings. The number of phenolic OH excluding ortho intramolecular Hbond substituents is 1. The number of benzene rings is 2. The first-order valence-corrected chi connectivity index (χ1v) is 7.30. The Morgan fingerprint density at radius 3 is 2.65 bits per heavy atom. The molecule has 0 radical (unpaired) electrons. The molecule has 0 atom stereocenters. The van der Waals surface area contributed by atoms with Gasteiger partial charge in [0.1, 0.15) is 11.4 Å². The van der Waals surface area contributed by atoms with Crippen LogP contribution in [0.5, 0.6) is 5.75 Å². The van der Waals surface area contributed by atoms with Gasteiger partial charge in [-0.05, 0) is 35.9 Å². The molecule has 0 amide bonds. The molecule has 2 aromatic carbocycles. The zero-order valence-corrected chi connectivity index (χ0v) is 12.5. The summed E-state index contributed by atoms with van der Waals surface area (Å²) in [5.74, 6) is 1.21. The van der Waals surface area contributed by atoms with Crippen LogP contribution in [-0.2, 0) is 0 Å². The number of aromatic hydroxyl groups is 1. The third kappa shape index (κ3) is 2.32. The molecule has 4 rings (SSSR count). The zero-order chi connectivity index (χ0) is 15.8. The lowest BCUT2D eigenvalue weighted by atomic mass is 10.0. The summed E-state index contributed by atoms with van der Waals surface area (Å²) in [5.41, 5.74) is 2.25. The molecule has 2 N–H and O–H groups in total. The number of nitrogens with zero attached hydrogens (tertiary/aromatic N) is 3. The second-order valence-corrected chi connectivity index (χ2v) is 5.35. The van der Waals surface area contributed by atoms with Gasteiger partial charge in [-0.1, -0.05) is 36.4 Å². The summed E-state index contributed by atoms with van der Waals surface area (Å²) in [7, 11) is 0. The van der Waals surface area contributed by atoms with E-state index in [9.17, 15) is 5.11 Å². The van der Waals surface area contributed by atoms with Crippen LogP contribution in [0, 0.1) is 6.92 Å². The van der Waals surface area contributed by atoms with Gasteiger partial charge in [-0.2, -0.15) is 5.10 Å². The fourth-order valence-corrected chi connectivity index (χ4v) is 2.66. The average Bonchev–Trinajstić information content (AvgIpc) is 3.04. The molecule has 0 aliphatic heterocycles. The summed E-state index contributed by atoms with van der Waals surface area (Å²) in [4.78, 5) is 8.94. The van der Waals surface area contributed by atoms with Crippen molar-refractivity contribution in [2.75, 3.05) is 0 Å². The van der Waals surface area contributed by atoms with Crippen molar-refractivity contribution in [3.05, 3.63) is 60.3 Å². The Kier molecular flexibility index (Phi) is 3.05. The number of aromatic nitrogens is 4. The normalized spacial score (nSPS) is 11.0.